The molecule has 3 heterocycles. The number of carbonyl (C=O) groups is 2. The monoisotopic (exact) mass is 367 g/mol. The highest BCUT2D eigenvalue weighted by Gasteiger charge is 2.36. The first-order chi connectivity index (χ1) is 13.0. The number of rotatable bonds is 4. The van der Waals surface area contributed by atoms with E-state index in [0.29, 0.717) is 23.0 Å². The SMILES string of the molecule is COc1ccccc1[C@H]1CC(=O)Nc2c(C(=O)O)cn(-c3cc(C)on3)c21. The Morgan fingerprint density at radius 2 is 2.19 bits per heavy atom. The summed E-state index contributed by atoms with van der Waals surface area (Å²) in [6, 6.07) is 9.09. The lowest BCUT2D eigenvalue weighted by atomic mass is 9.87. The van der Waals surface area contributed by atoms with Crippen molar-refractivity contribution >= 4 is 17.6 Å². The first-order valence-corrected chi connectivity index (χ1v) is 8.34. The molecule has 1 aliphatic rings. The van der Waals surface area contributed by atoms with Gasteiger partial charge in [0, 0.05) is 30.2 Å². The van der Waals surface area contributed by atoms with E-state index in [9.17, 15) is 14.7 Å². The molecule has 0 spiro atoms. The molecule has 0 aliphatic carbocycles. The van der Waals surface area contributed by atoms with Crippen molar-refractivity contribution in [3.05, 3.63) is 59.1 Å². The summed E-state index contributed by atoms with van der Waals surface area (Å²) in [6.07, 6.45) is 1.62. The molecule has 0 radical (unpaired) electrons. The van der Waals surface area contributed by atoms with Crippen LogP contribution in [0, 0.1) is 6.92 Å². The number of hydrogen-bond donors (Lipinski definition) is 2. The number of ether oxygens (including phenoxy) is 1. The van der Waals surface area contributed by atoms with Gasteiger partial charge in [0.2, 0.25) is 5.91 Å². The zero-order valence-corrected chi connectivity index (χ0v) is 14.7. The second-order valence-electron chi connectivity index (χ2n) is 6.32. The summed E-state index contributed by atoms with van der Waals surface area (Å²) in [5, 5.41) is 16.3. The van der Waals surface area contributed by atoms with Crippen molar-refractivity contribution in [3.8, 4) is 11.6 Å². The second-order valence-corrected chi connectivity index (χ2v) is 6.32. The van der Waals surface area contributed by atoms with Gasteiger partial charge in [-0.3, -0.25) is 9.36 Å². The van der Waals surface area contributed by atoms with Gasteiger partial charge >= 0.3 is 5.97 Å². The third kappa shape index (κ3) is 2.75. The summed E-state index contributed by atoms with van der Waals surface area (Å²) in [5.41, 5.74) is 1.70. The lowest BCUT2D eigenvalue weighted by molar-refractivity contribution is -0.116. The average molecular weight is 367 g/mol. The number of nitrogens with one attached hydrogen (secondary N) is 1. The number of carboxylic acid groups (broad SMARTS) is 1. The van der Waals surface area contributed by atoms with Crippen molar-refractivity contribution in [2.24, 2.45) is 0 Å². The van der Waals surface area contributed by atoms with Crippen LogP contribution in [-0.2, 0) is 4.79 Å². The minimum absolute atomic E-state index is 0.00130. The normalized spacial score (nSPS) is 15.9. The Bertz CT molecular complexity index is 1050. The van der Waals surface area contributed by atoms with Gasteiger partial charge in [-0.2, -0.15) is 0 Å². The van der Waals surface area contributed by atoms with Gasteiger partial charge in [-0.25, -0.2) is 4.79 Å². The summed E-state index contributed by atoms with van der Waals surface area (Å²) in [4.78, 5) is 24.1. The van der Waals surface area contributed by atoms with Gasteiger partial charge in [-0.05, 0) is 13.0 Å². The Kier molecular flexibility index (Phi) is 3.95. The molecule has 8 nitrogen and oxygen atoms in total. The molecule has 27 heavy (non-hydrogen) atoms. The van der Waals surface area contributed by atoms with Crippen LogP contribution in [0.1, 0.15) is 39.7 Å². The molecule has 1 aromatic carbocycles. The fraction of sp³-hybridized carbons (Fsp3) is 0.211. The van der Waals surface area contributed by atoms with Crippen LogP contribution < -0.4 is 10.1 Å². The van der Waals surface area contributed by atoms with E-state index >= 15 is 0 Å². The van der Waals surface area contributed by atoms with Gasteiger partial charge < -0.3 is 19.7 Å². The van der Waals surface area contributed by atoms with Gasteiger partial charge in [-0.1, -0.05) is 23.4 Å². The Labute approximate surface area is 154 Å². The van der Waals surface area contributed by atoms with Crippen LogP contribution >= 0.6 is 0 Å². The highest BCUT2D eigenvalue weighted by atomic mass is 16.5. The number of hydrogen-bond acceptors (Lipinski definition) is 5. The van der Waals surface area contributed by atoms with Crippen molar-refractivity contribution < 1.29 is 24.0 Å². The number of nitrogens with zero attached hydrogens (tertiary/aromatic N) is 2. The fourth-order valence-corrected chi connectivity index (χ4v) is 3.50. The van der Waals surface area contributed by atoms with Gasteiger partial charge in [0.1, 0.15) is 17.1 Å². The van der Waals surface area contributed by atoms with E-state index in [-0.39, 0.29) is 23.6 Å². The smallest absolute Gasteiger partial charge is 0.339 e. The Hall–Kier alpha value is -3.55. The zero-order valence-electron chi connectivity index (χ0n) is 14.7. The maximum absolute atomic E-state index is 12.3. The van der Waals surface area contributed by atoms with E-state index in [1.165, 1.54) is 6.20 Å². The molecule has 2 N–H and O–H groups in total. The number of amides is 1. The summed E-state index contributed by atoms with van der Waals surface area (Å²) < 4.78 is 12.3. The first-order valence-electron chi connectivity index (χ1n) is 8.34. The summed E-state index contributed by atoms with van der Waals surface area (Å²) in [6.45, 7) is 1.75. The second kappa shape index (κ2) is 6.31. The van der Waals surface area contributed by atoms with Crippen LogP contribution in [0.5, 0.6) is 5.75 Å². The molecule has 1 aliphatic heterocycles. The average Bonchev–Trinajstić information content (AvgIpc) is 3.24. The number of aromatic carboxylic acids is 1. The number of fused-ring (bicyclic) bond motifs is 1. The van der Waals surface area contributed by atoms with Crippen LogP contribution in [-0.4, -0.2) is 33.8 Å². The van der Waals surface area contributed by atoms with Crippen LogP contribution in [0.3, 0.4) is 0 Å². The number of aryl methyl sites for hydroxylation is 1. The number of benzene rings is 1. The Balaban J connectivity index is 1.99. The highest BCUT2D eigenvalue weighted by molar-refractivity contribution is 6.04. The molecule has 0 saturated heterocycles. The minimum Gasteiger partial charge on any atom is -0.496 e. The molecule has 0 saturated carbocycles. The van der Waals surface area contributed by atoms with Crippen molar-refractivity contribution in [1.82, 2.24) is 9.72 Å². The molecule has 0 fully saturated rings. The van der Waals surface area contributed by atoms with E-state index in [1.54, 1.807) is 24.7 Å². The van der Waals surface area contributed by atoms with Gasteiger partial charge in [-0.15, -0.1) is 0 Å². The molecular weight excluding hydrogens is 350 g/mol. The quantitative estimate of drug-likeness (QED) is 0.734. The molecule has 1 atom stereocenters. The largest absolute Gasteiger partial charge is 0.496 e. The molecule has 0 unspecified atom stereocenters. The van der Waals surface area contributed by atoms with Crippen LogP contribution in [0.15, 0.2) is 41.1 Å². The topological polar surface area (TPSA) is 107 Å². The first kappa shape index (κ1) is 16.9. The number of methoxy groups -OCH3 is 1. The fourth-order valence-electron chi connectivity index (χ4n) is 3.50. The van der Waals surface area contributed by atoms with E-state index in [1.807, 2.05) is 24.3 Å². The number of para-hydroxylation sites is 1. The zero-order chi connectivity index (χ0) is 19.1. The molecule has 2 aromatic heterocycles. The Morgan fingerprint density at radius 1 is 1.41 bits per heavy atom. The molecule has 4 rings (SSSR count). The van der Waals surface area contributed by atoms with E-state index in [0.717, 1.165) is 5.56 Å². The van der Waals surface area contributed by atoms with Gasteiger partial charge in [0.15, 0.2) is 5.82 Å². The lowest BCUT2D eigenvalue weighted by Crippen LogP contribution is -2.25. The molecule has 3 aromatic rings. The summed E-state index contributed by atoms with van der Waals surface area (Å²) in [5.74, 6) is -0.106. The minimum atomic E-state index is -1.13. The predicted molar refractivity (Wildman–Crippen MR) is 95.6 cm³/mol. The van der Waals surface area contributed by atoms with Crippen molar-refractivity contribution in [3.63, 3.8) is 0 Å². The lowest BCUT2D eigenvalue weighted by Gasteiger charge is -2.26. The van der Waals surface area contributed by atoms with Gasteiger partial charge in [0.05, 0.1) is 18.5 Å². The number of anilines is 1. The van der Waals surface area contributed by atoms with Crippen LogP contribution in [0.25, 0.3) is 5.82 Å². The maximum Gasteiger partial charge on any atom is 0.339 e. The van der Waals surface area contributed by atoms with E-state index < -0.39 is 11.9 Å². The molecule has 0 bridgehead atoms. The molecule has 8 heteroatoms. The van der Waals surface area contributed by atoms with Crippen molar-refractivity contribution in [1.29, 1.82) is 0 Å². The summed E-state index contributed by atoms with van der Waals surface area (Å²) in [7, 11) is 1.56. The third-order valence-corrected chi connectivity index (χ3v) is 4.63. The number of aromatic nitrogens is 2. The highest BCUT2D eigenvalue weighted by Crippen LogP contribution is 2.43. The number of carboxylic acids is 1. The molecular formula is C19H17N3O5. The standard InChI is InChI=1S/C19H17N3O5/c1-10-7-15(21-27-10)22-9-13(19(24)25)17-18(22)12(8-16(23)20-17)11-5-3-4-6-14(11)26-2/h3-7,9,12H,8H2,1-2H3,(H,20,23)(H,24,25)/t12-/m1/s1. The van der Waals surface area contributed by atoms with E-state index in [4.69, 9.17) is 9.26 Å². The van der Waals surface area contributed by atoms with Gasteiger partial charge in [0.25, 0.3) is 0 Å². The Morgan fingerprint density at radius 3 is 2.85 bits per heavy atom. The number of carbonyl (C=O) groups excluding carboxylic acids is 1. The van der Waals surface area contributed by atoms with E-state index in [2.05, 4.69) is 10.5 Å². The van der Waals surface area contributed by atoms with Crippen LogP contribution in [0.4, 0.5) is 5.69 Å². The summed E-state index contributed by atoms with van der Waals surface area (Å²) >= 11 is 0. The third-order valence-electron chi connectivity index (χ3n) is 4.63. The van der Waals surface area contributed by atoms with Crippen LogP contribution in [0.2, 0.25) is 0 Å². The van der Waals surface area contributed by atoms with Crippen molar-refractivity contribution in [2.75, 3.05) is 12.4 Å². The molecule has 1 amide bonds. The van der Waals surface area contributed by atoms with Crippen molar-refractivity contribution in [2.45, 2.75) is 19.3 Å². The molecule has 138 valence electrons. The predicted octanol–water partition coefficient (Wildman–Crippen LogP) is 2.95. The maximum atomic E-state index is 12.3.